The number of H-pyrrole nitrogens is 1. The van der Waals surface area contributed by atoms with E-state index in [1.807, 2.05) is 0 Å². The number of aromatic nitrogens is 4. The highest BCUT2D eigenvalue weighted by molar-refractivity contribution is 5.83. The number of rotatable bonds is 5. The van der Waals surface area contributed by atoms with Crippen molar-refractivity contribution in [2.24, 2.45) is 11.7 Å². The number of nitrogens with one attached hydrogen (secondary N) is 1. The molecule has 132 valence electrons. The second kappa shape index (κ2) is 6.85. The number of benzene rings is 1. The van der Waals surface area contributed by atoms with Crippen molar-refractivity contribution in [3.05, 3.63) is 48.2 Å². The number of piperidine rings is 1. The highest BCUT2D eigenvalue weighted by Gasteiger charge is 2.27. The van der Waals surface area contributed by atoms with E-state index in [9.17, 15) is 0 Å². The predicted molar refractivity (Wildman–Crippen MR) is 98.3 cm³/mol. The molecular weight excluding hydrogens is 314 g/mol. The van der Waals surface area contributed by atoms with Gasteiger partial charge in [0.2, 0.25) is 0 Å². The van der Waals surface area contributed by atoms with E-state index in [1.165, 1.54) is 27.6 Å². The van der Waals surface area contributed by atoms with E-state index >= 15 is 0 Å². The van der Waals surface area contributed by atoms with Gasteiger partial charge in [-0.25, -0.2) is 4.98 Å². The van der Waals surface area contributed by atoms with Crippen LogP contribution in [0.2, 0.25) is 0 Å². The van der Waals surface area contributed by atoms with Gasteiger partial charge in [0.05, 0.1) is 6.04 Å². The van der Waals surface area contributed by atoms with Crippen LogP contribution in [0.4, 0.5) is 0 Å². The molecule has 5 N–H and O–H groups in total. The summed E-state index contributed by atoms with van der Waals surface area (Å²) in [7, 11) is 0. The van der Waals surface area contributed by atoms with E-state index in [0.717, 1.165) is 38.9 Å². The molecule has 0 aliphatic carbocycles. The highest BCUT2D eigenvalue weighted by Crippen LogP contribution is 2.27. The quantitative estimate of drug-likeness (QED) is 0.610. The first kappa shape index (κ1) is 16.1. The van der Waals surface area contributed by atoms with Crippen LogP contribution in [0.15, 0.2) is 36.8 Å². The Kier molecular flexibility index (Phi) is 4.42. The van der Waals surface area contributed by atoms with Gasteiger partial charge in [0.15, 0.2) is 5.82 Å². The molecular formula is C18H25N7. The number of likely N-dealkylation sites (tertiary alicyclic amines) is 1. The van der Waals surface area contributed by atoms with E-state index in [2.05, 4.69) is 50.4 Å². The molecule has 0 spiro atoms. The minimum Gasteiger partial charge on any atom is -0.361 e. The summed E-state index contributed by atoms with van der Waals surface area (Å²) in [6.45, 7) is 3.23. The largest absolute Gasteiger partial charge is 0.361 e. The van der Waals surface area contributed by atoms with E-state index in [4.69, 9.17) is 11.6 Å². The van der Waals surface area contributed by atoms with Crippen molar-refractivity contribution >= 4 is 10.9 Å². The van der Waals surface area contributed by atoms with Crippen molar-refractivity contribution in [1.29, 1.82) is 0 Å². The van der Waals surface area contributed by atoms with Crippen molar-refractivity contribution in [2.45, 2.75) is 25.3 Å². The lowest BCUT2D eigenvalue weighted by Crippen LogP contribution is -2.38. The van der Waals surface area contributed by atoms with Crippen LogP contribution in [0.1, 0.15) is 30.3 Å². The fraction of sp³-hybridized carbons (Fsp3) is 0.444. The maximum Gasteiger partial charge on any atom is 0.169 e. The summed E-state index contributed by atoms with van der Waals surface area (Å²) in [4.78, 5) is 11.3. The summed E-state index contributed by atoms with van der Waals surface area (Å²) in [6, 6.07) is 8.36. The molecule has 1 atom stereocenters. The van der Waals surface area contributed by atoms with Gasteiger partial charge in [-0.2, -0.15) is 4.79 Å². The Bertz CT molecular complexity index is 829. The normalized spacial score (nSPS) is 18.0. The van der Waals surface area contributed by atoms with Crippen molar-refractivity contribution in [1.82, 2.24) is 24.8 Å². The molecule has 7 heteroatoms. The number of para-hydroxylation sites is 1. The Morgan fingerprint density at radius 1 is 1.24 bits per heavy atom. The molecule has 1 fully saturated rings. The monoisotopic (exact) mass is 339 g/mol. The summed E-state index contributed by atoms with van der Waals surface area (Å²) in [5, 5.41) is 5.48. The molecule has 4 rings (SSSR count). The lowest BCUT2D eigenvalue weighted by atomic mass is 9.89. The Hall–Kier alpha value is -2.38. The van der Waals surface area contributed by atoms with Gasteiger partial charge in [0.25, 0.3) is 0 Å². The summed E-state index contributed by atoms with van der Waals surface area (Å²) in [6.07, 6.45) is 6.87. The van der Waals surface area contributed by atoms with Gasteiger partial charge in [-0.05, 0) is 49.9 Å². The van der Waals surface area contributed by atoms with Crippen LogP contribution in [0.3, 0.4) is 0 Å². The highest BCUT2D eigenvalue weighted by atomic mass is 15.5. The number of aromatic amines is 1. The molecule has 7 nitrogen and oxygen atoms in total. The molecule has 1 saturated heterocycles. The van der Waals surface area contributed by atoms with E-state index in [-0.39, 0.29) is 6.04 Å². The molecule has 0 radical (unpaired) electrons. The molecule has 1 aliphatic rings. The first-order valence-electron chi connectivity index (χ1n) is 8.90. The van der Waals surface area contributed by atoms with Gasteiger partial charge in [-0.1, -0.05) is 18.2 Å². The number of hydrogen-bond donors (Lipinski definition) is 3. The fourth-order valence-electron chi connectivity index (χ4n) is 3.80. The first-order chi connectivity index (χ1) is 12.2. The molecule has 1 aliphatic heterocycles. The molecule has 1 aromatic carbocycles. The van der Waals surface area contributed by atoms with Gasteiger partial charge in [0.1, 0.15) is 6.33 Å². The van der Waals surface area contributed by atoms with Gasteiger partial charge in [0, 0.05) is 23.6 Å². The Morgan fingerprint density at radius 3 is 2.80 bits per heavy atom. The SMILES string of the molecule is NC(c1ncn(N)n1)C1CCN(CCc2c[nH]c3ccccc23)CC1. The minimum atomic E-state index is -0.124. The van der Waals surface area contributed by atoms with Crippen LogP contribution in [0, 0.1) is 5.92 Å². The second-order valence-electron chi connectivity index (χ2n) is 6.90. The van der Waals surface area contributed by atoms with Crippen LogP contribution in [0.25, 0.3) is 10.9 Å². The topological polar surface area (TPSA) is 102 Å². The number of hydrogen-bond acceptors (Lipinski definition) is 5. The van der Waals surface area contributed by atoms with Crippen LogP contribution >= 0.6 is 0 Å². The minimum absolute atomic E-state index is 0.124. The third-order valence-corrected chi connectivity index (χ3v) is 5.34. The molecule has 0 amide bonds. The van der Waals surface area contributed by atoms with Crippen LogP contribution < -0.4 is 11.6 Å². The second-order valence-corrected chi connectivity index (χ2v) is 6.90. The fourth-order valence-corrected chi connectivity index (χ4v) is 3.80. The maximum absolute atomic E-state index is 6.33. The van der Waals surface area contributed by atoms with Gasteiger partial charge in [-0.15, -0.1) is 5.10 Å². The number of fused-ring (bicyclic) bond motifs is 1. The van der Waals surface area contributed by atoms with Crippen molar-refractivity contribution in [2.75, 3.05) is 25.5 Å². The molecule has 25 heavy (non-hydrogen) atoms. The van der Waals surface area contributed by atoms with E-state index in [0.29, 0.717) is 11.7 Å². The zero-order chi connectivity index (χ0) is 17.2. The molecule has 3 heterocycles. The molecule has 2 aromatic heterocycles. The third-order valence-electron chi connectivity index (χ3n) is 5.34. The summed E-state index contributed by atoms with van der Waals surface area (Å²) in [5.41, 5.74) is 8.94. The molecule has 0 bridgehead atoms. The summed E-state index contributed by atoms with van der Waals surface area (Å²) < 4.78 is 0. The smallest absolute Gasteiger partial charge is 0.169 e. The number of nitrogens with two attached hydrogens (primary N) is 2. The zero-order valence-electron chi connectivity index (χ0n) is 14.3. The first-order valence-corrected chi connectivity index (χ1v) is 8.90. The van der Waals surface area contributed by atoms with Crippen LogP contribution in [-0.2, 0) is 6.42 Å². The number of nitrogen functional groups attached to an aromatic ring is 1. The Morgan fingerprint density at radius 2 is 2.04 bits per heavy atom. The average Bonchev–Trinajstić information content (AvgIpc) is 3.26. The predicted octanol–water partition coefficient (Wildman–Crippen LogP) is 1.43. The van der Waals surface area contributed by atoms with Crippen molar-refractivity contribution < 1.29 is 0 Å². The van der Waals surface area contributed by atoms with Gasteiger partial charge >= 0.3 is 0 Å². The van der Waals surface area contributed by atoms with Crippen molar-refractivity contribution in [3.63, 3.8) is 0 Å². The Labute approximate surface area is 147 Å². The summed E-state index contributed by atoms with van der Waals surface area (Å²) >= 11 is 0. The van der Waals surface area contributed by atoms with Gasteiger partial charge < -0.3 is 21.5 Å². The lowest BCUT2D eigenvalue weighted by molar-refractivity contribution is 0.168. The number of nitrogens with zero attached hydrogens (tertiary/aromatic N) is 4. The zero-order valence-corrected chi connectivity index (χ0v) is 14.3. The molecule has 3 aromatic rings. The molecule has 1 unspecified atom stereocenters. The van der Waals surface area contributed by atoms with E-state index in [1.54, 1.807) is 0 Å². The molecule has 0 saturated carbocycles. The van der Waals surface area contributed by atoms with Crippen LogP contribution in [-0.4, -0.2) is 44.4 Å². The van der Waals surface area contributed by atoms with Crippen LogP contribution in [0.5, 0.6) is 0 Å². The summed E-state index contributed by atoms with van der Waals surface area (Å²) in [5.74, 6) is 6.65. The van der Waals surface area contributed by atoms with Gasteiger partial charge in [-0.3, -0.25) is 0 Å². The third kappa shape index (κ3) is 3.38. The average molecular weight is 339 g/mol. The maximum atomic E-state index is 6.33. The van der Waals surface area contributed by atoms with Crippen molar-refractivity contribution in [3.8, 4) is 0 Å². The van der Waals surface area contributed by atoms with E-state index < -0.39 is 0 Å². The standard InChI is InChI=1S/C18H25N7/c19-17(18-22-12-25(20)23-18)13-5-8-24(9-6-13)10-7-14-11-21-16-4-2-1-3-15(14)16/h1-4,11-13,17,21H,5-10,19-20H2. The lowest BCUT2D eigenvalue weighted by Gasteiger charge is -2.33. The Balaban J connectivity index is 1.30.